The lowest BCUT2D eigenvalue weighted by Gasteiger charge is -2.47. The van der Waals surface area contributed by atoms with Gasteiger partial charge in [-0.25, -0.2) is 0 Å². The van der Waals surface area contributed by atoms with Crippen LogP contribution in [0.1, 0.15) is 40.2 Å². The van der Waals surface area contributed by atoms with E-state index in [-0.39, 0.29) is 6.61 Å². The first kappa shape index (κ1) is 21.1. The van der Waals surface area contributed by atoms with E-state index in [2.05, 4.69) is 0 Å². The van der Waals surface area contributed by atoms with Crippen molar-refractivity contribution >= 4 is 0 Å². The highest BCUT2D eigenvalue weighted by molar-refractivity contribution is 5.23. The molecule has 0 saturated heterocycles. The second-order valence-electron chi connectivity index (χ2n) is 5.10. The number of rotatable bonds is 13. The molecule has 0 spiro atoms. The zero-order valence-corrected chi connectivity index (χ0v) is 15.7. The fourth-order valence-electron chi connectivity index (χ4n) is 2.83. The van der Waals surface area contributed by atoms with Crippen LogP contribution in [0.5, 0.6) is 0 Å². The van der Waals surface area contributed by atoms with Crippen molar-refractivity contribution in [1.82, 2.24) is 0 Å². The van der Waals surface area contributed by atoms with E-state index in [4.69, 9.17) is 23.7 Å². The van der Waals surface area contributed by atoms with Crippen LogP contribution in [0, 0.1) is 0 Å². The third-order valence-corrected chi connectivity index (χ3v) is 3.60. The summed E-state index contributed by atoms with van der Waals surface area (Å²) in [6, 6.07) is 9.78. The van der Waals surface area contributed by atoms with Gasteiger partial charge in [0, 0.05) is 38.6 Å². The van der Waals surface area contributed by atoms with Gasteiger partial charge in [-0.1, -0.05) is 30.3 Å². The lowest BCUT2D eigenvalue weighted by molar-refractivity contribution is -0.426. The van der Waals surface area contributed by atoms with Gasteiger partial charge in [-0.05, 0) is 34.6 Å². The molecule has 0 aromatic heterocycles. The molecule has 0 aliphatic rings. The average molecular weight is 340 g/mol. The number of hydrogen-bond donors (Lipinski definition) is 0. The molecule has 1 rings (SSSR count). The van der Waals surface area contributed by atoms with Gasteiger partial charge in [-0.3, -0.25) is 0 Å². The minimum atomic E-state index is -1.21. The Morgan fingerprint density at radius 2 is 1.17 bits per heavy atom. The van der Waals surface area contributed by atoms with E-state index in [1.165, 1.54) is 0 Å². The van der Waals surface area contributed by atoms with Gasteiger partial charge in [0.15, 0.2) is 0 Å². The van der Waals surface area contributed by atoms with Crippen molar-refractivity contribution in [3.05, 3.63) is 35.9 Å². The molecule has 0 radical (unpaired) electrons. The van der Waals surface area contributed by atoms with E-state index in [0.717, 1.165) is 5.56 Å². The molecule has 1 aromatic carbocycles. The van der Waals surface area contributed by atoms with Crippen LogP contribution in [0.2, 0.25) is 0 Å². The largest absolute Gasteiger partial charge is 0.376 e. The number of ether oxygens (including phenoxy) is 5. The Hall–Kier alpha value is -0.980. The monoisotopic (exact) mass is 340 g/mol. The van der Waals surface area contributed by atoms with E-state index in [0.29, 0.717) is 33.0 Å². The molecule has 5 nitrogen and oxygen atoms in total. The molecule has 1 aromatic rings. The Kier molecular flexibility index (Phi) is 9.48. The summed E-state index contributed by atoms with van der Waals surface area (Å²) < 4.78 is 30.3. The minimum Gasteiger partial charge on any atom is -0.376 e. The van der Waals surface area contributed by atoms with Crippen molar-refractivity contribution in [2.45, 2.75) is 46.2 Å². The molecule has 0 fully saturated rings. The molecule has 0 atom stereocenters. The smallest absolute Gasteiger partial charge is 0.253 e. The zero-order chi connectivity index (χ0) is 17.9. The fraction of sp³-hybridized carbons (Fsp3) is 0.684. The predicted octanol–water partition coefficient (Wildman–Crippen LogP) is 3.72. The average Bonchev–Trinajstić information content (AvgIpc) is 2.60. The van der Waals surface area contributed by atoms with Crippen molar-refractivity contribution in [3.8, 4) is 0 Å². The summed E-state index contributed by atoms with van der Waals surface area (Å²) in [5.74, 6) is -2.40. The maximum absolute atomic E-state index is 6.17. The molecule has 0 amide bonds. The van der Waals surface area contributed by atoms with Gasteiger partial charge in [0.2, 0.25) is 0 Å². The molecule has 24 heavy (non-hydrogen) atoms. The molecule has 0 bridgehead atoms. The van der Waals surface area contributed by atoms with E-state index in [1.54, 1.807) is 0 Å². The van der Waals surface area contributed by atoms with E-state index in [9.17, 15) is 0 Å². The third kappa shape index (κ3) is 4.55. The number of hydrogen-bond acceptors (Lipinski definition) is 5. The summed E-state index contributed by atoms with van der Waals surface area (Å²) >= 11 is 0. The maximum Gasteiger partial charge on any atom is 0.253 e. The first-order valence-corrected chi connectivity index (χ1v) is 8.85. The first-order valence-electron chi connectivity index (χ1n) is 8.85. The number of benzene rings is 1. The highest BCUT2D eigenvalue weighted by Gasteiger charge is 2.58. The van der Waals surface area contributed by atoms with Crippen LogP contribution in [0.15, 0.2) is 30.3 Å². The van der Waals surface area contributed by atoms with Crippen LogP contribution in [-0.4, -0.2) is 45.4 Å². The van der Waals surface area contributed by atoms with Crippen LogP contribution >= 0.6 is 0 Å². The Morgan fingerprint density at radius 1 is 0.667 bits per heavy atom. The van der Waals surface area contributed by atoms with Gasteiger partial charge >= 0.3 is 0 Å². The lowest BCUT2D eigenvalue weighted by atomic mass is 9.95. The van der Waals surface area contributed by atoms with Crippen molar-refractivity contribution in [2.75, 3.05) is 39.6 Å². The molecule has 0 saturated carbocycles. The molecule has 0 heterocycles. The van der Waals surface area contributed by atoms with Gasteiger partial charge < -0.3 is 23.7 Å². The molecule has 5 heteroatoms. The van der Waals surface area contributed by atoms with Gasteiger partial charge in [-0.2, -0.15) is 0 Å². The van der Waals surface area contributed by atoms with Crippen molar-refractivity contribution < 1.29 is 23.7 Å². The SMILES string of the molecule is CCOCC(OCC)(OCC)C(OCC)(OCC)c1ccccc1. The standard InChI is InChI=1S/C19H32O5/c1-6-20-16-18(21-7-2,22-8-3)19(23-9-4,24-10-5)17-14-12-11-13-15-17/h11-15H,6-10,16H2,1-5H3. The molecular weight excluding hydrogens is 308 g/mol. The lowest BCUT2D eigenvalue weighted by Crippen LogP contribution is -2.61. The van der Waals surface area contributed by atoms with Crippen molar-refractivity contribution in [3.63, 3.8) is 0 Å². The van der Waals surface area contributed by atoms with Gasteiger partial charge in [0.05, 0.1) is 0 Å². The summed E-state index contributed by atoms with van der Waals surface area (Å²) in [6.45, 7) is 12.2. The summed E-state index contributed by atoms with van der Waals surface area (Å²) in [5, 5.41) is 0. The second kappa shape index (κ2) is 10.8. The Balaban J connectivity index is 3.51. The molecule has 0 aliphatic heterocycles. The van der Waals surface area contributed by atoms with Gasteiger partial charge in [-0.15, -0.1) is 0 Å². The predicted molar refractivity (Wildman–Crippen MR) is 93.8 cm³/mol. The summed E-state index contributed by atoms with van der Waals surface area (Å²) in [5.41, 5.74) is 0.843. The second-order valence-corrected chi connectivity index (χ2v) is 5.10. The third-order valence-electron chi connectivity index (χ3n) is 3.60. The van der Waals surface area contributed by atoms with E-state index < -0.39 is 11.6 Å². The minimum absolute atomic E-state index is 0.208. The van der Waals surface area contributed by atoms with E-state index >= 15 is 0 Å². The molecule has 0 unspecified atom stereocenters. The summed E-state index contributed by atoms with van der Waals surface area (Å²) in [6.07, 6.45) is 0. The summed E-state index contributed by atoms with van der Waals surface area (Å²) in [7, 11) is 0. The highest BCUT2D eigenvalue weighted by Crippen LogP contribution is 2.42. The Bertz CT molecular complexity index is 423. The normalized spacial score (nSPS) is 12.5. The molecular formula is C19H32O5. The van der Waals surface area contributed by atoms with Crippen LogP contribution in [0.25, 0.3) is 0 Å². The van der Waals surface area contributed by atoms with Crippen LogP contribution in [-0.2, 0) is 29.5 Å². The first-order chi connectivity index (χ1) is 11.7. The quantitative estimate of drug-likeness (QED) is 0.512. The van der Waals surface area contributed by atoms with Crippen LogP contribution < -0.4 is 0 Å². The van der Waals surface area contributed by atoms with Gasteiger partial charge in [0.25, 0.3) is 11.6 Å². The highest BCUT2D eigenvalue weighted by atomic mass is 16.8. The van der Waals surface area contributed by atoms with Crippen molar-refractivity contribution in [2.24, 2.45) is 0 Å². The summed E-state index contributed by atoms with van der Waals surface area (Å²) in [4.78, 5) is 0. The Labute approximate surface area is 146 Å². The van der Waals surface area contributed by atoms with Crippen molar-refractivity contribution in [1.29, 1.82) is 0 Å². The molecule has 0 N–H and O–H groups in total. The molecule has 0 aliphatic carbocycles. The van der Waals surface area contributed by atoms with Crippen LogP contribution in [0.4, 0.5) is 0 Å². The van der Waals surface area contributed by atoms with Crippen LogP contribution in [0.3, 0.4) is 0 Å². The molecule has 138 valence electrons. The fourth-order valence-corrected chi connectivity index (χ4v) is 2.83. The Morgan fingerprint density at radius 3 is 1.58 bits per heavy atom. The maximum atomic E-state index is 6.17. The topological polar surface area (TPSA) is 46.2 Å². The van der Waals surface area contributed by atoms with E-state index in [1.807, 2.05) is 65.0 Å². The van der Waals surface area contributed by atoms with Gasteiger partial charge in [0.1, 0.15) is 6.61 Å². The zero-order valence-electron chi connectivity index (χ0n) is 15.7.